The Morgan fingerprint density at radius 2 is 2.00 bits per heavy atom. The minimum absolute atomic E-state index is 0.0839. The summed E-state index contributed by atoms with van der Waals surface area (Å²) in [5.74, 6) is -0.699. The first kappa shape index (κ1) is 24.1. The average molecular weight is 435 g/mol. The van der Waals surface area contributed by atoms with Gasteiger partial charge in [-0.15, -0.1) is 0 Å². The lowest BCUT2D eigenvalue weighted by molar-refractivity contribution is -0.213. The molecule has 2 fully saturated rings. The number of hydrogen-bond acceptors (Lipinski definition) is 6. The van der Waals surface area contributed by atoms with Gasteiger partial charge in [0.15, 0.2) is 6.10 Å². The van der Waals surface area contributed by atoms with Gasteiger partial charge < -0.3 is 24.9 Å². The summed E-state index contributed by atoms with van der Waals surface area (Å²) < 4.78 is 5.17. The fourth-order valence-electron chi connectivity index (χ4n) is 7.04. The molecule has 3 rings (SSSR count). The highest BCUT2D eigenvalue weighted by Crippen LogP contribution is 2.62. The Hall–Kier alpha value is -1.50. The van der Waals surface area contributed by atoms with Crippen molar-refractivity contribution in [1.29, 1.82) is 0 Å². The van der Waals surface area contributed by atoms with Crippen LogP contribution in [0, 0.1) is 22.7 Å². The number of aliphatic hydroxyl groups is 3. The molecule has 2 saturated carbocycles. The molecule has 0 saturated heterocycles. The molecule has 3 N–H and O–H groups in total. The van der Waals surface area contributed by atoms with E-state index in [1.807, 2.05) is 13.8 Å². The second kappa shape index (κ2) is 8.45. The summed E-state index contributed by atoms with van der Waals surface area (Å²) in [5, 5.41) is 32.7. The predicted molar refractivity (Wildman–Crippen MR) is 117 cm³/mol. The normalized spacial score (nSPS) is 44.3. The average Bonchev–Trinajstić information content (AvgIpc) is 2.98. The van der Waals surface area contributed by atoms with Gasteiger partial charge in [-0.3, -0.25) is 0 Å². The summed E-state index contributed by atoms with van der Waals surface area (Å²) in [7, 11) is 0. The zero-order valence-corrected chi connectivity index (χ0v) is 19.4. The maximum absolute atomic E-state index is 12.0. The van der Waals surface area contributed by atoms with Gasteiger partial charge in [-0.2, -0.15) is 0 Å². The third-order valence-electron chi connectivity index (χ3n) is 8.31. The van der Waals surface area contributed by atoms with E-state index in [1.54, 1.807) is 19.9 Å². The zero-order chi connectivity index (χ0) is 23.2. The van der Waals surface area contributed by atoms with E-state index in [1.165, 1.54) is 6.08 Å². The molecule has 0 radical (unpaired) electrons. The van der Waals surface area contributed by atoms with Gasteiger partial charge in [-0.25, -0.2) is 4.79 Å². The van der Waals surface area contributed by atoms with Gasteiger partial charge in [0.2, 0.25) is 0 Å². The van der Waals surface area contributed by atoms with E-state index >= 15 is 0 Å². The van der Waals surface area contributed by atoms with E-state index < -0.39 is 35.3 Å². The molecule has 0 aromatic heterocycles. The number of fused-ring (bicyclic) bond motifs is 1. The smallest absolute Gasteiger partial charge is 0.331 e. The molecule has 3 aliphatic rings. The standard InChI is InChI=1S/C25H38O6/c1-15(11-17(27)21-16(2)12-20(29)31-21)7-8-19-24(4)10-6-9-23(3,14-26)22(24)18(28)13-25(19,5)30/h11-12,14,17-19,21-22,27-28,30H,6-10,13H2,1-5H3/b15-11+/t17-,18-,19+,21-,22-,23-,24+,25+/m0/s1. The van der Waals surface area contributed by atoms with Crippen molar-refractivity contribution in [3.05, 3.63) is 23.3 Å². The first-order chi connectivity index (χ1) is 14.3. The minimum Gasteiger partial charge on any atom is -0.452 e. The number of rotatable bonds is 6. The topological polar surface area (TPSA) is 104 Å². The van der Waals surface area contributed by atoms with Crippen molar-refractivity contribution in [3.8, 4) is 0 Å². The molecule has 1 heterocycles. The van der Waals surface area contributed by atoms with E-state index in [2.05, 4.69) is 6.92 Å². The first-order valence-corrected chi connectivity index (χ1v) is 11.4. The number of aliphatic hydroxyl groups excluding tert-OH is 2. The highest BCUT2D eigenvalue weighted by Gasteiger charge is 2.62. The number of aldehydes is 1. The molecule has 1 aliphatic heterocycles. The lowest BCUT2D eigenvalue weighted by Gasteiger charge is -2.62. The first-order valence-electron chi connectivity index (χ1n) is 11.4. The van der Waals surface area contributed by atoms with Crippen LogP contribution in [0.5, 0.6) is 0 Å². The second-order valence-corrected chi connectivity index (χ2v) is 10.9. The van der Waals surface area contributed by atoms with Crippen LogP contribution in [-0.4, -0.2) is 51.5 Å². The van der Waals surface area contributed by atoms with Gasteiger partial charge in [0.05, 0.1) is 11.7 Å². The van der Waals surface area contributed by atoms with Crippen molar-refractivity contribution in [3.63, 3.8) is 0 Å². The Labute approximate surface area is 185 Å². The molecule has 0 aromatic rings. The quantitative estimate of drug-likeness (QED) is 0.337. The van der Waals surface area contributed by atoms with Crippen LogP contribution >= 0.6 is 0 Å². The highest BCUT2D eigenvalue weighted by atomic mass is 16.6. The Morgan fingerprint density at radius 3 is 2.58 bits per heavy atom. The molecule has 0 spiro atoms. The number of esters is 1. The maximum Gasteiger partial charge on any atom is 0.331 e. The summed E-state index contributed by atoms with van der Waals surface area (Å²) in [6.45, 7) is 9.57. The zero-order valence-electron chi connectivity index (χ0n) is 19.4. The number of hydrogen-bond donors (Lipinski definition) is 3. The van der Waals surface area contributed by atoms with Crippen molar-refractivity contribution in [2.24, 2.45) is 22.7 Å². The Morgan fingerprint density at radius 1 is 1.32 bits per heavy atom. The molecular formula is C25H38O6. The van der Waals surface area contributed by atoms with Crippen LogP contribution in [0.4, 0.5) is 0 Å². The summed E-state index contributed by atoms with van der Waals surface area (Å²) in [4.78, 5) is 23.4. The maximum atomic E-state index is 12.0. The predicted octanol–water partition coefficient (Wildman–Crippen LogP) is 3.09. The van der Waals surface area contributed by atoms with Crippen molar-refractivity contribution in [1.82, 2.24) is 0 Å². The Balaban J connectivity index is 1.78. The van der Waals surface area contributed by atoms with Gasteiger partial charge in [0.1, 0.15) is 12.4 Å². The van der Waals surface area contributed by atoms with Crippen LogP contribution in [0.15, 0.2) is 23.3 Å². The third-order valence-corrected chi connectivity index (χ3v) is 8.31. The SMILES string of the molecule is CC1=CC(=O)O[C@@H]1[C@@H](O)/C=C(\C)CC[C@@H]1[C@@]2(C)CCC[C@@](C)(C=O)[C@@H]2[C@@H](O)C[C@@]1(C)O. The molecule has 6 heteroatoms. The van der Waals surface area contributed by atoms with Gasteiger partial charge >= 0.3 is 5.97 Å². The number of carbonyl (C=O) groups excluding carboxylic acids is 2. The number of allylic oxidation sites excluding steroid dienone is 1. The summed E-state index contributed by atoms with van der Waals surface area (Å²) in [5.41, 5.74) is -0.312. The molecule has 6 nitrogen and oxygen atoms in total. The van der Waals surface area contributed by atoms with E-state index in [4.69, 9.17) is 4.74 Å². The molecule has 31 heavy (non-hydrogen) atoms. The highest BCUT2D eigenvalue weighted by molar-refractivity contribution is 5.85. The summed E-state index contributed by atoms with van der Waals surface area (Å²) >= 11 is 0. The Bertz CT molecular complexity index is 783. The molecule has 0 unspecified atom stereocenters. The van der Waals surface area contributed by atoms with E-state index in [0.717, 1.165) is 31.1 Å². The summed E-state index contributed by atoms with van der Waals surface area (Å²) in [6.07, 6.45) is 6.01. The molecule has 174 valence electrons. The molecule has 8 atom stereocenters. The largest absolute Gasteiger partial charge is 0.452 e. The van der Waals surface area contributed by atoms with Gasteiger partial charge in [-0.1, -0.05) is 31.9 Å². The number of carbonyl (C=O) groups is 2. The van der Waals surface area contributed by atoms with Crippen LogP contribution in [0.2, 0.25) is 0 Å². The van der Waals surface area contributed by atoms with E-state index in [9.17, 15) is 24.9 Å². The van der Waals surface area contributed by atoms with Crippen molar-refractivity contribution in [2.75, 3.05) is 0 Å². The van der Waals surface area contributed by atoms with Crippen LogP contribution in [0.3, 0.4) is 0 Å². The second-order valence-electron chi connectivity index (χ2n) is 10.9. The van der Waals surface area contributed by atoms with E-state index in [0.29, 0.717) is 18.4 Å². The minimum atomic E-state index is -1.04. The van der Waals surface area contributed by atoms with Crippen molar-refractivity contribution < 1.29 is 29.6 Å². The van der Waals surface area contributed by atoms with Crippen LogP contribution in [-0.2, 0) is 14.3 Å². The molecule has 0 amide bonds. The van der Waals surface area contributed by atoms with E-state index in [-0.39, 0.29) is 23.7 Å². The molecule has 0 aromatic carbocycles. The molecule has 0 bridgehead atoms. The van der Waals surface area contributed by atoms with Crippen LogP contribution < -0.4 is 0 Å². The van der Waals surface area contributed by atoms with Crippen molar-refractivity contribution in [2.45, 2.75) is 97.1 Å². The van der Waals surface area contributed by atoms with Crippen LogP contribution in [0.25, 0.3) is 0 Å². The van der Waals surface area contributed by atoms with Gasteiger partial charge in [0, 0.05) is 23.8 Å². The lowest BCUT2D eigenvalue weighted by Crippen LogP contribution is -2.63. The van der Waals surface area contributed by atoms with Crippen LogP contribution in [0.1, 0.15) is 73.1 Å². The fraction of sp³-hybridized carbons (Fsp3) is 0.760. The third kappa shape index (κ3) is 4.39. The van der Waals surface area contributed by atoms with Crippen molar-refractivity contribution >= 4 is 12.3 Å². The molecular weight excluding hydrogens is 396 g/mol. The molecule has 2 aliphatic carbocycles. The summed E-state index contributed by atoms with van der Waals surface area (Å²) in [6, 6.07) is 0. The lowest BCUT2D eigenvalue weighted by atomic mass is 9.44. The van der Waals surface area contributed by atoms with Gasteiger partial charge in [0.25, 0.3) is 0 Å². The number of cyclic esters (lactones) is 1. The number of ether oxygens (including phenoxy) is 1. The Kier molecular flexibility index (Phi) is 6.58. The fourth-order valence-corrected chi connectivity index (χ4v) is 7.04. The van der Waals surface area contributed by atoms with Gasteiger partial charge in [-0.05, 0) is 63.4 Å². The monoisotopic (exact) mass is 434 g/mol.